The number of nitrogens with zero attached hydrogens (tertiary/aromatic N) is 4. The van der Waals surface area contributed by atoms with Crippen LogP contribution in [-0.4, -0.2) is 57.9 Å². The second-order valence-electron chi connectivity index (χ2n) is 10.5. The van der Waals surface area contributed by atoms with E-state index in [0.717, 1.165) is 31.8 Å². The average Bonchev–Trinajstić information content (AvgIpc) is 3.06. The fourth-order valence-corrected chi connectivity index (χ4v) is 5.63. The summed E-state index contributed by atoms with van der Waals surface area (Å²) in [6, 6.07) is 3.90. The number of piperidine rings is 1. The zero-order valence-electron chi connectivity index (χ0n) is 19.9. The third-order valence-electron chi connectivity index (χ3n) is 7.30. The molecule has 0 amide bonds. The summed E-state index contributed by atoms with van der Waals surface area (Å²) in [5.41, 5.74) is 7.76. The number of pyridine rings is 1. The lowest BCUT2D eigenvalue weighted by Gasteiger charge is -2.44. The van der Waals surface area contributed by atoms with E-state index in [1.54, 1.807) is 0 Å². The maximum absolute atomic E-state index is 12.7. The Morgan fingerprint density at radius 1 is 1.18 bits per heavy atom. The number of anilines is 1. The van der Waals surface area contributed by atoms with Crippen molar-refractivity contribution in [1.82, 2.24) is 19.7 Å². The topological polar surface area (TPSA) is 78.4 Å². The minimum Gasteiger partial charge on any atom is -0.402 e. The Labute approximate surface area is 197 Å². The second kappa shape index (κ2) is 8.41. The molecule has 0 spiro atoms. The molecule has 4 heterocycles. The molecule has 7 nitrogen and oxygen atoms in total. The Kier molecular flexibility index (Phi) is 5.79. The van der Waals surface area contributed by atoms with Crippen LogP contribution in [-0.2, 0) is 4.74 Å². The predicted molar refractivity (Wildman–Crippen MR) is 121 cm³/mol. The summed E-state index contributed by atoms with van der Waals surface area (Å²) in [6.45, 7) is 11.5. The minimum atomic E-state index is -4.84. The van der Waals surface area contributed by atoms with Gasteiger partial charge in [0.15, 0.2) is 11.6 Å². The molecule has 1 aliphatic carbocycles. The third kappa shape index (κ3) is 4.37. The summed E-state index contributed by atoms with van der Waals surface area (Å²) in [5.74, 6) is 1.38. The standard InChI is InChI=1S/C24H32F3N5O2/c1-12(2)5-20-19(11-33-20)31-9-15-16(10-31)22(15)18-7-17(30-32(18)13(3)4)14-6-21(23(28)29-8-14)34-24(25,26)27/h6-8,12-13,15-16,19-20,22H,5,9-11H2,1-4H3,(H2,28,29). The number of fused-ring (bicyclic) bond motifs is 1. The summed E-state index contributed by atoms with van der Waals surface area (Å²) in [5, 5.41) is 4.73. The van der Waals surface area contributed by atoms with Gasteiger partial charge in [-0.1, -0.05) is 13.8 Å². The van der Waals surface area contributed by atoms with Gasteiger partial charge in [0.2, 0.25) is 0 Å². The lowest BCUT2D eigenvalue weighted by molar-refractivity contribution is -0.274. The first kappa shape index (κ1) is 23.4. The van der Waals surface area contributed by atoms with Gasteiger partial charge in [0, 0.05) is 42.5 Å². The van der Waals surface area contributed by atoms with Crippen molar-refractivity contribution in [2.45, 2.75) is 64.6 Å². The Hall–Kier alpha value is -2.33. The number of alkyl halides is 3. The summed E-state index contributed by atoms with van der Waals surface area (Å²) < 4.78 is 50.1. The number of nitrogens with two attached hydrogens (primary N) is 1. The van der Waals surface area contributed by atoms with Crippen molar-refractivity contribution in [2.24, 2.45) is 17.8 Å². The van der Waals surface area contributed by atoms with Gasteiger partial charge in [0.25, 0.3) is 0 Å². The number of hydrogen-bond donors (Lipinski definition) is 1. The fourth-order valence-electron chi connectivity index (χ4n) is 5.63. The smallest absolute Gasteiger partial charge is 0.402 e. The molecule has 186 valence electrons. The molecule has 3 fully saturated rings. The van der Waals surface area contributed by atoms with E-state index in [2.05, 4.69) is 42.3 Å². The summed E-state index contributed by atoms with van der Waals surface area (Å²) >= 11 is 0. The van der Waals surface area contributed by atoms with Crippen molar-refractivity contribution in [3.63, 3.8) is 0 Å². The highest BCUT2D eigenvalue weighted by molar-refractivity contribution is 5.64. The molecule has 5 rings (SSSR count). The Morgan fingerprint density at radius 3 is 2.44 bits per heavy atom. The molecule has 4 unspecified atom stereocenters. The van der Waals surface area contributed by atoms with Gasteiger partial charge >= 0.3 is 6.36 Å². The zero-order chi connectivity index (χ0) is 24.4. The molecule has 2 aliphatic heterocycles. The number of hydrogen-bond acceptors (Lipinski definition) is 6. The second-order valence-corrected chi connectivity index (χ2v) is 10.5. The van der Waals surface area contributed by atoms with Crippen LogP contribution in [0, 0.1) is 17.8 Å². The number of aromatic nitrogens is 3. The van der Waals surface area contributed by atoms with E-state index < -0.39 is 12.1 Å². The van der Waals surface area contributed by atoms with Crippen molar-refractivity contribution >= 4 is 5.82 Å². The van der Waals surface area contributed by atoms with Crippen LogP contribution in [0.25, 0.3) is 11.3 Å². The molecule has 1 saturated carbocycles. The van der Waals surface area contributed by atoms with Gasteiger partial charge in [-0.3, -0.25) is 9.58 Å². The van der Waals surface area contributed by atoms with Crippen molar-refractivity contribution in [3.8, 4) is 17.0 Å². The SMILES string of the molecule is CC(C)CC1OCC1N1CC2C(C1)C2c1cc(-c2cnc(N)c(OC(F)(F)F)c2)nn1C(C)C. The molecule has 2 saturated heterocycles. The van der Waals surface area contributed by atoms with E-state index in [1.807, 2.05) is 10.7 Å². The maximum Gasteiger partial charge on any atom is 0.573 e. The van der Waals surface area contributed by atoms with Crippen LogP contribution >= 0.6 is 0 Å². The molecule has 2 aromatic heterocycles. The van der Waals surface area contributed by atoms with Crippen LogP contribution in [0.5, 0.6) is 5.75 Å². The predicted octanol–water partition coefficient (Wildman–Crippen LogP) is 4.47. The maximum atomic E-state index is 12.7. The van der Waals surface area contributed by atoms with E-state index in [1.165, 1.54) is 12.3 Å². The molecule has 2 aromatic rings. The monoisotopic (exact) mass is 479 g/mol. The van der Waals surface area contributed by atoms with E-state index in [4.69, 9.17) is 15.6 Å². The fraction of sp³-hybridized carbons (Fsp3) is 0.667. The minimum absolute atomic E-state index is 0.129. The van der Waals surface area contributed by atoms with E-state index in [-0.39, 0.29) is 11.9 Å². The van der Waals surface area contributed by atoms with Gasteiger partial charge in [-0.05, 0) is 50.2 Å². The van der Waals surface area contributed by atoms with Crippen LogP contribution in [0.15, 0.2) is 18.3 Å². The zero-order valence-corrected chi connectivity index (χ0v) is 19.9. The summed E-state index contributed by atoms with van der Waals surface area (Å²) in [7, 11) is 0. The first-order valence-corrected chi connectivity index (χ1v) is 12.0. The highest BCUT2D eigenvalue weighted by atomic mass is 19.4. The molecule has 0 aromatic carbocycles. The molecule has 0 bridgehead atoms. The van der Waals surface area contributed by atoms with Gasteiger partial charge in [-0.2, -0.15) is 5.10 Å². The van der Waals surface area contributed by atoms with E-state index >= 15 is 0 Å². The quantitative estimate of drug-likeness (QED) is 0.632. The molecular weight excluding hydrogens is 447 g/mol. The van der Waals surface area contributed by atoms with Crippen molar-refractivity contribution in [3.05, 3.63) is 24.0 Å². The first-order valence-electron chi connectivity index (χ1n) is 12.0. The van der Waals surface area contributed by atoms with Gasteiger partial charge in [-0.15, -0.1) is 13.2 Å². The highest BCUT2D eigenvalue weighted by Gasteiger charge is 2.59. The summed E-state index contributed by atoms with van der Waals surface area (Å²) in [4.78, 5) is 6.49. The number of rotatable bonds is 7. The molecule has 0 radical (unpaired) electrons. The molecule has 34 heavy (non-hydrogen) atoms. The normalized spacial score (nSPS) is 28.9. The van der Waals surface area contributed by atoms with Gasteiger partial charge in [0.1, 0.15) is 0 Å². The molecule has 4 atom stereocenters. The van der Waals surface area contributed by atoms with Crippen molar-refractivity contribution in [1.29, 1.82) is 0 Å². The van der Waals surface area contributed by atoms with Gasteiger partial charge in [0.05, 0.1) is 24.4 Å². The molecule has 3 aliphatic rings. The summed E-state index contributed by atoms with van der Waals surface area (Å²) in [6.07, 6.45) is -1.96. The number of halogens is 3. The van der Waals surface area contributed by atoms with Crippen molar-refractivity contribution < 1.29 is 22.6 Å². The Bertz CT molecular complexity index is 1040. The first-order chi connectivity index (χ1) is 16.0. The average molecular weight is 480 g/mol. The molecule has 10 heteroatoms. The highest BCUT2D eigenvalue weighted by Crippen LogP contribution is 2.59. The van der Waals surface area contributed by atoms with Crippen LogP contribution in [0.2, 0.25) is 0 Å². The lowest BCUT2D eigenvalue weighted by Crippen LogP contribution is -2.56. The molecular formula is C24H32F3N5O2. The van der Waals surface area contributed by atoms with Crippen LogP contribution in [0.1, 0.15) is 51.8 Å². The number of nitrogen functional groups attached to an aromatic ring is 1. The van der Waals surface area contributed by atoms with Crippen LogP contribution < -0.4 is 10.5 Å². The van der Waals surface area contributed by atoms with Gasteiger partial charge < -0.3 is 15.2 Å². The Balaban J connectivity index is 1.33. The van der Waals surface area contributed by atoms with Crippen molar-refractivity contribution in [2.75, 3.05) is 25.4 Å². The van der Waals surface area contributed by atoms with E-state index in [0.29, 0.717) is 47.1 Å². The largest absolute Gasteiger partial charge is 0.573 e. The molecule has 2 N–H and O–H groups in total. The third-order valence-corrected chi connectivity index (χ3v) is 7.30. The van der Waals surface area contributed by atoms with E-state index in [9.17, 15) is 13.2 Å². The van der Waals surface area contributed by atoms with Gasteiger partial charge in [-0.25, -0.2) is 4.98 Å². The number of ether oxygens (including phenoxy) is 2. The Morgan fingerprint density at radius 2 is 1.88 bits per heavy atom. The number of likely N-dealkylation sites (tertiary alicyclic amines) is 1. The lowest BCUT2D eigenvalue weighted by atomic mass is 9.95. The van der Waals surface area contributed by atoms with Crippen LogP contribution in [0.4, 0.5) is 19.0 Å². The van der Waals surface area contributed by atoms with Crippen LogP contribution in [0.3, 0.4) is 0 Å².